The molecular weight excluding hydrogens is 564 g/mol. The molecule has 0 amide bonds. The molecule has 0 aromatic heterocycles. The minimum absolute atomic E-state index is 0.0838. The summed E-state index contributed by atoms with van der Waals surface area (Å²) in [6, 6.07) is 5.55. The van der Waals surface area contributed by atoms with Crippen molar-refractivity contribution in [2.24, 2.45) is 0 Å². The third kappa shape index (κ3) is 5.02. The van der Waals surface area contributed by atoms with Gasteiger partial charge in [-0.05, 0) is 38.5 Å². The van der Waals surface area contributed by atoms with Gasteiger partial charge >= 0.3 is 5.97 Å². The second kappa shape index (κ2) is 10.5. The fourth-order valence-corrected chi connectivity index (χ4v) is 6.56. The van der Waals surface area contributed by atoms with Gasteiger partial charge in [-0.1, -0.05) is 12.1 Å². The summed E-state index contributed by atoms with van der Waals surface area (Å²) in [5.41, 5.74) is -2.09. The normalized spacial score (nSPS) is 31.3. The molecule has 4 N–H and O–H groups in total. The monoisotopic (exact) mass is 596 g/mol. The van der Waals surface area contributed by atoms with E-state index in [1.807, 2.05) is 0 Å². The predicted octanol–water partition coefficient (Wildman–Crippen LogP) is 2.35. The molecule has 1 unspecified atom stereocenters. The number of ketones is 3. The number of aliphatic carboxylic acids is 1. The van der Waals surface area contributed by atoms with Crippen molar-refractivity contribution in [3.63, 3.8) is 0 Å². The predicted molar refractivity (Wildman–Crippen MR) is 145 cm³/mol. The van der Waals surface area contributed by atoms with E-state index in [0.717, 1.165) is 0 Å². The molecule has 43 heavy (non-hydrogen) atoms. The van der Waals surface area contributed by atoms with Gasteiger partial charge in [-0.15, -0.1) is 0 Å². The summed E-state index contributed by atoms with van der Waals surface area (Å²) in [5.74, 6) is -3.66. The molecule has 0 radical (unpaired) electrons. The second-order valence-corrected chi connectivity index (χ2v) is 12.0. The van der Waals surface area contributed by atoms with Crippen LogP contribution in [-0.4, -0.2) is 86.2 Å². The first-order chi connectivity index (χ1) is 20.3. The Bertz CT molecular complexity index is 1540. The molecule has 0 saturated carbocycles. The second-order valence-electron chi connectivity index (χ2n) is 12.0. The lowest BCUT2D eigenvalue weighted by Crippen LogP contribution is -2.60. The molecule has 3 fully saturated rings. The van der Waals surface area contributed by atoms with Crippen molar-refractivity contribution in [2.75, 3.05) is 0 Å². The lowest BCUT2D eigenvalue weighted by molar-refractivity contribution is -0.347. The molecule has 12 nitrogen and oxygen atoms in total. The van der Waals surface area contributed by atoms with E-state index in [1.54, 1.807) is 13.8 Å². The van der Waals surface area contributed by atoms with Crippen LogP contribution in [0.15, 0.2) is 24.3 Å². The van der Waals surface area contributed by atoms with Crippen LogP contribution in [0.3, 0.4) is 0 Å². The molecule has 12 heteroatoms. The van der Waals surface area contributed by atoms with E-state index < -0.39 is 84.0 Å². The van der Waals surface area contributed by atoms with Crippen molar-refractivity contribution in [3.8, 4) is 11.5 Å². The largest absolute Gasteiger partial charge is 0.507 e. The number of carbonyl (C=O) groups is 4. The summed E-state index contributed by atoms with van der Waals surface area (Å²) in [6.45, 7) is 4.75. The number of carbonyl (C=O) groups excluding carboxylic acids is 3. The summed E-state index contributed by atoms with van der Waals surface area (Å²) in [7, 11) is 0. The third-order valence-corrected chi connectivity index (χ3v) is 8.66. The summed E-state index contributed by atoms with van der Waals surface area (Å²) in [4.78, 5) is 50.5. The average Bonchev–Trinajstić information content (AvgIpc) is 2.91. The van der Waals surface area contributed by atoms with Gasteiger partial charge in [0.15, 0.2) is 23.6 Å². The minimum Gasteiger partial charge on any atom is -0.507 e. The Balaban J connectivity index is 1.28. The number of aromatic hydroxyl groups is 2. The summed E-state index contributed by atoms with van der Waals surface area (Å²) in [6.07, 6.45) is -4.53. The highest BCUT2D eigenvalue weighted by molar-refractivity contribution is 6.30. The first-order valence-corrected chi connectivity index (χ1v) is 14.1. The smallest absolute Gasteiger partial charge is 0.306 e. The van der Waals surface area contributed by atoms with Crippen LogP contribution in [0, 0.1) is 0 Å². The minimum atomic E-state index is -1.72. The number of carboxylic acids is 1. The molecular formula is C31H32O12. The van der Waals surface area contributed by atoms with Crippen LogP contribution < -0.4 is 0 Å². The van der Waals surface area contributed by atoms with Gasteiger partial charge in [0, 0.05) is 36.0 Å². The van der Waals surface area contributed by atoms with E-state index in [-0.39, 0.29) is 58.4 Å². The van der Waals surface area contributed by atoms with Crippen LogP contribution in [0.1, 0.15) is 89.1 Å². The highest BCUT2D eigenvalue weighted by atomic mass is 16.7. The fraction of sp³-hybridized carbons (Fsp3) is 0.484. The number of phenolic OH excluding ortho intramolecular Hbond substituents is 2. The lowest BCUT2D eigenvalue weighted by atomic mass is 9.79. The van der Waals surface area contributed by atoms with E-state index >= 15 is 0 Å². The molecule has 0 spiro atoms. The number of ether oxygens (including phenoxy) is 4. The first kappa shape index (κ1) is 29.4. The summed E-state index contributed by atoms with van der Waals surface area (Å²) < 4.78 is 24.2. The zero-order valence-corrected chi connectivity index (χ0v) is 23.7. The van der Waals surface area contributed by atoms with Gasteiger partial charge in [-0.2, -0.15) is 0 Å². The fourth-order valence-electron chi connectivity index (χ4n) is 6.56. The van der Waals surface area contributed by atoms with Gasteiger partial charge in [-0.3, -0.25) is 19.2 Å². The van der Waals surface area contributed by atoms with E-state index in [9.17, 15) is 34.5 Å². The standard InChI is InChI=1S/C31H32O12/c1-12-18(32)8-21-30(41-12)43-29-13(2)40-19(9-20(29)42-21)15-6-7-17-24(26(15)36)28(38)16-5-4-14(25(35)23(16)27(17)37)10-31(3,39)11-22(33)34/h4-7,12-13,19-21,29-30,35-36,39H,8-11H2,1-3H3,(H,33,34)/t12-,13+,19?,20+,21-,29+,30-,31+/m0/s1. The topological polar surface area (TPSA) is 186 Å². The van der Waals surface area contributed by atoms with Crippen molar-refractivity contribution in [2.45, 2.75) is 95.0 Å². The molecule has 0 bridgehead atoms. The van der Waals surface area contributed by atoms with Crippen molar-refractivity contribution >= 4 is 23.3 Å². The van der Waals surface area contributed by atoms with Crippen LogP contribution in [0.4, 0.5) is 0 Å². The van der Waals surface area contributed by atoms with Gasteiger partial charge < -0.3 is 39.4 Å². The molecule has 2 aromatic carbocycles. The zero-order chi connectivity index (χ0) is 31.0. The molecule has 3 heterocycles. The van der Waals surface area contributed by atoms with Crippen molar-refractivity contribution in [1.82, 2.24) is 0 Å². The SMILES string of the molecule is C[C@@H]1O[C@H]2O[C@@H]3[C@@H](C)OC(c4ccc5c(c4O)C(=O)c4ccc(C[C@@](C)(O)CC(=O)O)c(O)c4C5=O)C[C@H]3O[C@H]2CC1=O. The number of fused-ring (bicyclic) bond motifs is 4. The van der Waals surface area contributed by atoms with Crippen LogP contribution in [-0.2, 0) is 35.0 Å². The van der Waals surface area contributed by atoms with E-state index in [0.29, 0.717) is 0 Å². The molecule has 6 rings (SSSR count). The number of hydrogen-bond acceptors (Lipinski definition) is 11. The molecule has 3 saturated heterocycles. The Labute approximate surface area is 246 Å². The molecule has 3 aliphatic heterocycles. The number of phenols is 2. The van der Waals surface area contributed by atoms with Crippen molar-refractivity contribution < 1.29 is 58.6 Å². The van der Waals surface area contributed by atoms with Crippen LogP contribution >= 0.6 is 0 Å². The van der Waals surface area contributed by atoms with E-state index in [2.05, 4.69) is 0 Å². The zero-order valence-electron chi connectivity index (χ0n) is 23.7. The maximum absolute atomic E-state index is 13.6. The number of Topliss-reactive ketones (excluding diaryl/α,β-unsaturated/α-hetero) is 1. The van der Waals surface area contributed by atoms with Crippen molar-refractivity contribution in [3.05, 3.63) is 57.6 Å². The first-order valence-electron chi connectivity index (χ1n) is 14.1. The van der Waals surface area contributed by atoms with E-state index in [1.165, 1.54) is 31.2 Å². The summed E-state index contributed by atoms with van der Waals surface area (Å²) in [5, 5.41) is 41.9. The molecule has 1 aliphatic carbocycles. The number of hydrogen-bond donors (Lipinski definition) is 4. The highest BCUT2D eigenvalue weighted by Gasteiger charge is 2.50. The number of benzene rings is 2. The van der Waals surface area contributed by atoms with Gasteiger partial charge in [0.2, 0.25) is 0 Å². The maximum atomic E-state index is 13.6. The number of rotatable bonds is 5. The molecule has 2 aromatic rings. The van der Waals surface area contributed by atoms with Crippen LogP contribution in [0.25, 0.3) is 0 Å². The summed E-state index contributed by atoms with van der Waals surface area (Å²) >= 11 is 0. The molecule has 228 valence electrons. The van der Waals surface area contributed by atoms with Gasteiger partial charge in [0.05, 0.1) is 41.5 Å². The van der Waals surface area contributed by atoms with Gasteiger partial charge in [-0.25, -0.2) is 0 Å². The van der Waals surface area contributed by atoms with Gasteiger partial charge in [0.1, 0.15) is 29.8 Å². The number of aliphatic hydroxyl groups is 1. The Morgan fingerprint density at radius 2 is 1.56 bits per heavy atom. The quantitative estimate of drug-likeness (QED) is 0.337. The Morgan fingerprint density at radius 1 is 0.907 bits per heavy atom. The third-order valence-electron chi connectivity index (χ3n) is 8.66. The maximum Gasteiger partial charge on any atom is 0.306 e. The van der Waals surface area contributed by atoms with Crippen LogP contribution in [0.2, 0.25) is 0 Å². The Morgan fingerprint density at radius 3 is 2.23 bits per heavy atom. The van der Waals surface area contributed by atoms with E-state index in [4.69, 9.17) is 24.1 Å². The van der Waals surface area contributed by atoms with Crippen LogP contribution in [0.5, 0.6) is 11.5 Å². The highest BCUT2D eigenvalue weighted by Crippen LogP contribution is 2.46. The van der Waals surface area contributed by atoms with Gasteiger partial charge in [0.25, 0.3) is 0 Å². The lowest BCUT2D eigenvalue weighted by Gasteiger charge is -2.49. The Hall–Kier alpha value is -3.68. The van der Waals surface area contributed by atoms with Crippen molar-refractivity contribution in [1.29, 1.82) is 0 Å². The molecule has 8 atom stereocenters. The Kier molecular flexibility index (Phi) is 7.17. The molecule has 4 aliphatic rings. The average molecular weight is 597 g/mol. The number of carboxylic acid groups (broad SMARTS) is 1.